The Labute approximate surface area is 157 Å². The van der Waals surface area contributed by atoms with Gasteiger partial charge in [-0.15, -0.1) is 0 Å². The molecule has 2 amide bonds. The second kappa shape index (κ2) is 7.79. The summed E-state index contributed by atoms with van der Waals surface area (Å²) in [4.78, 5) is 24.8. The van der Waals surface area contributed by atoms with Gasteiger partial charge in [-0.3, -0.25) is 9.59 Å². The first kappa shape index (κ1) is 18.3. The van der Waals surface area contributed by atoms with Crippen molar-refractivity contribution in [1.29, 1.82) is 0 Å². The number of hydrogen-bond donors (Lipinski definition) is 2. The van der Waals surface area contributed by atoms with E-state index < -0.39 is 6.10 Å². The van der Waals surface area contributed by atoms with E-state index in [0.717, 1.165) is 18.4 Å². The number of halogens is 1. The van der Waals surface area contributed by atoms with Gasteiger partial charge in [0.1, 0.15) is 5.75 Å². The maximum Gasteiger partial charge on any atom is 0.265 e. The Morgan fingerprint density at radius 2 is 1.92 bits per heavy atom. The highest BCUT2D eigenvalue weighted by atomic mass is 35.5. The minimum absolute atomic E-state index is 0.175. The number of aryl methyl sites for hydroxylation is 1. The van der Waals surface area contributed by atoms with Crippen LogP contribution in [0.15, 0.2) is 42.5 Å². The molecule has 3 rings (SSSR count). The van der Waals surface area contributed by atoms with Gasteiger partial charge in [0.2, 0.25) is 0 Å². The number of anilines is 1. The van der Waals surface area contributed by atoms with Crippen molar-refractivity contribution in [2.24, 2.45) is 0 Å². The van der Waals surface area contributed by atoms with Crippen LogP contribution in [0, 0.1) is 6.92 Å². The number of ether oxygens (including phenoxy) is 1. The summed E-state index contributed by atoms with van der Waals surface area (Å²) in [5.74, 6) is 0.0911. The second-order valence-corrected chi connectivity index (χ2v) is 6.89. The third-order valence-corrected chi connectivity index (χ3v) is 4.39. The van der Waals surface area contributed by atoms with E-state index in [4.69, 9.17) is 16.3 Å². The summed E-state index contributed by atoms with van der Waals surface area (Å²) in [5, 5.41) is 6.33. The summed E-state index contributed by atoms with van der Waals surface area (Å²) in [6.45, 7) is 3.53. The maximum atomic E-state index is 12.5. The zero-order valence-corrected chi connectivity index (χ0v) is 15.5. The molecule has 1 aliphatic carbocycles. The molecule has 26 heavy (non-hydrogen) atoms. The molecule has 2 aromatic rings. The highest BCUT2D eigenvalue weighted by molar-refractivity contribution is 6.30. The molecule has 0 radical (unpaired) electrons. The fraction of sp³-hybridized carbons (Fsp3) is 0.300. The lowest BCUT2D eigenvalue weighted by Crippen LogP contribution is -2.32. The smallest absolute Gasteiger partial charge is 0.265 e. The van der Waals surface area contributed by atoms with Crippen molar-refractivity contribution in [3.63, 3.8) is 0 Å². The zero-order chi connectivity index (χ0) is 18.7. The third-order valence-electron chi connectivity index (χ3n) is 4.15. The van der Waals surface area contributed by atoms with Crippen LogP contribution in [0.3, 0.4) is 0 Å². The molecule has 2 aromatic carbocycles. The number of carbonyl (C=O) groups is 2. The molecule has 1 atom stereocenters. The number of benzene rings is 2. The number of rotatable bonds is 6. The number of para-hydroxylation sites is 1. The Hall–Kier alpha value is -2.53. The first-order chi connectivity index (χ1) is 12.4. The fourth-order valence-corrected chi connectivity index (χ4v) is 2.73. The van der Waals surface area contributed by atoms with Crippen molar-refractivity contribution in [3.05, 3.63) is 58.6 Å². The average molecular weight is 373 g/mol. The summed E-state index contributed by atoms with van der Waals surface area (Å²) < 4.78 is 5.74. The molecule has 0 aliphatic heterocycles. The van der Waals surface area contributed by atoms with E-state index in [1.807, 2.05) is 6.92 Å². The van der Waals surface area contributed by atoms with Gasteiger partial charge in [-0.05, 0) is 62.6 Å². The summed E-state index contributed by atoms with van der Waals surface area (Å²) in [6.07, 6.45) is 1.28. The molecule has 0 heterocycles. The topological polar surface area (TPSA) is 67.4 Å². The van der Waals surface area contributed by atoms with Crippen molar-refractivity contribution in [1.82, 2.24) is 5.32 Å². The summed E-state index contributed by atoms with van der Waals surface area (Å²) in [6, 6.07) is 12.4. The average Bonchev–Trinajstić information content (AvgIpc) is 3.41. The zero-order valence-electron chi connectivity index (χ0n) is 14.7. The third kappa shape index (κ3) is 4.55. The fourth-order valence-electron chi connectivity index (χ4n) is 2.50. The van der Waals surface area contributed by atoms with Gasteiger partial charge < -0.3 is 15.4 Å². The number of hydrogen-bond acceptors (Lipinski definition) is 3. The Balaban J connectivity index is 1.68. The van der Waals surface area contributed by atoms with Crippen LogP contribution in [-0.2, 0) is 4.79 Å². The molecular weight excluding hydrogens is 352 g/mol. The van der Waals surface area contributed by atoms with E-state index >= 15 is 0 Å². The van der Waals surface area contributed by atoms with Crippen molar-refractivity contribution in [2.75, 3.05) is 5.32 Å². The molecule has 0 bridgehead atoms. The van der Waals surface area contributed by atoms with Gasteiger partial charge in [-0.2, -0.15) is 0 Å². The molecule has 1 unspecified atom stereocenters. The lowest BCUT2D eigenvalue weighted by atomic mass is 10.1. The second-order valence-electron chi connectivity index (χ2n) is 6.45. The van der Waals surface area contributed by atoms with Gasteiger partial charge in [-0.25, -0.2) is 0 Å². The van der Waals surface area contributed by atoms with Crippen LogP contribution in [0.25, 0.3) is 0 Å². The Kier molecular flexibility index (Phi) is 5.47. The molecule has 1 saturated carbocycles. The van der Waals surface area contributed by atoms with Crippen LogP contribution in [0.5, 0.6) is 5.75 Å². The van der Waals surface area contributed by atoms with E-state index in [2.05, 4.69) is 10.6 Å². The molecular formula is C20H21ClN2O3. The van der Waals surface area contributed by atoms with Gasteiger partial charge >= 0.3 is 0 Å². The molecule has 1 fully saturated rings. The predicted molar refractivity (Wildman–Crippen MR) is 102 cm³/mol. The lowest BCUT2D eigenvalue weighted by molar-refractivity contribution is -0.122. The van der Waals surface area contributed by atoms with E-state index in [9.17, 15) is 9.59 Å². The number of nitrogens with one attached hydrogen (secondary N) is 2. The monoisotopic (exact) mass is 372 g/mol. The standard InChI is InChI=1S/C20H21ClN2O3/c1-12-11-14(21)7-10-18(12)26-13(2)19(24)23-17-6-4-3-5-16(17)20(25)22-15-8-9-15/h3-7,10-11,13,15H,8-9H2,1-2H3,(H,22,25)(H,23,24). The minimum Gasteiger partial charge on any atom is -0.481 e. The molecule has 0 saturated heterocycles. The van der Waals surface area contributed by atoms with E-state index in [1.165, 1.54) is 0 Å². The molecule has 5 nitrogen and oxygen atoms in total. The van der Waals surface area contributed by atoms with Crippen molar-refractivity contribution >= 4 is 29.1 Å². The van der Waals surface area contributed by atoms with E-state index in [1.54, 1.807) is 49.4 Å². The number of amides is 2. The van der Waals surface area contributed by atoms with Crippen LogP contribution in [0.1, 0.15) is 35.7 Å². The molecule has 6 heteroatoms. The SMILES string of the molecule is Cc1cc(Cl)ccc1OC(C)C(=O)Nc1ccccc1C(=O)NC1CC1. The van der Waals surface area contributed by atoms with E-state index in [0.29, 0.717) is 22.0 Å². The van der Waals surface area contributed by atoms with Crippen LogP contribution >= 0.6 is 11.6 Å². The van der Waals surface area contributed by atoms with Gasteiger partial charge in [0.05, 0.1) is 11.3 Å². The van der Waals surface area contributed by atoms with Crippen LogP contribution in [-0.4, -0.2) is 24.0 Å². The Bertz CT molecular complexity index is 834. The van der Waals surface area contributed by atoms with Crippen LogP contribution in [0.4, 0.5) is 5.69 Å². The molecule has 2 N–H and O–H groups in total. The predicted octanol–water partition coefficient (Wildman–Crippen LogP) is 3.95. The maximum absolute atomic E-state index is 12.5. The van der Waals surface area contributed by atoms with Gasteiger partial charge in [-0.1, -0.05) is 23.7 Å². The van der Waals surface area contributed by atoms with Crippen molar-refractivity contribution in [2.45, 2.75) is 38.8 Å². The molecule has 0 spiro atoms. The Morgan fingerprint density at radius 1 is 1.19 bits per heavy atom. The highest BCUT2D eigenvalue weighted by Gasteiger charge is 2.25. The highest BCUT2D eigenvalue weighted by Crippen LogP contribution is 2.24. The summed E-state index contributed by atoms with van der Waals surface area (Å²) in [5.41, 5.74) is 1.77. The molecule has 136 valence electrons. The summed E-state index contributed by atoms with van der Waals surface area (Å²) in [7, 11) is 0. The summed E-state index contributed by atoms with van der Waals surface area (Å²) >= 11 is 5.94. The minimum atomic E-state index is -0.727. The van der Waals surface area contributed by atoms with Gasteiger partial charge in [0.15, 0.2) is 6.10 Å². The van der Waals surface area contributed by atoms with E-state index in [-0.39, 0.29) is 17.9 Å². The van der Waals surface area contributed by atoms with Gasteiger partial charge in [0, 0.05) is 11.1 Å². The largest absolute Gasteiger partial charge is 0.481 e. The first-order valence-corrected chi connectivity index (χ1v) is 8.95. The van der Waals surface area contributed by atoms with Crippen LogP contribution in [0.2, 0.25) is 5.02 Å². The number of carbonyl (C=O) groups excluding carboxylic acids is 2. The van der Waals surface area contributed by atoms with Crippen LogP contribution < -0.4 is 15.4 Å². The lowest BCUT2D eigenvalue weighted by Gasteiger charge is -2.17. The van der Waals surface area contributed by atoms with Gasteiger partial charge in [0.25, 0.3) is 11.8 Å². The normalized spacial score (nSPS) is 14.4. The first-order valence-electron chi connectivity index (χ1n) is 8.57. The quantitative estimate of drug-likeness (QED) is 0.806. The van der Waals surface area contributed by atoms with Crippen molar-refractivity contribution < 1.29 is 14.3 Å². The van der Waals surface area contributed by atoms with Crippen molar-refractivity contribution in [3.8, 4) is 5.75 Å². The Morgan fingerprint density at radius 3 is 2.62 bits per heavy atom. The molecule has 0 aromatic heterocycles. The molecule has 1 aliphatic rings.